The molecule has 6 nitrogen and oxygen atoms in total. The van der Waals surface area contributed by atoms with Gasteiger partial charge < -0.3 is 4.74 Å². The average Bonchev–Trinajstić information content (AvgIpc) is 2.81. The summed E-state index contributed by atoms with van der Waals surface area (Å²) >= 11 is 6.18. The highest BCUT2D eigenvalue weighted by atomic mass is 35.5. The smallest absolute Gasteiger partial charge is 0.243 e. The minimum Gasteiger partial charge on any atom is -0.497 e. The van der Waals surface area contributed by atoms with Gasteiger partial charge in [-0.3, -0.25) is 0 Å². The van der Waals surface area contributed by atoms with Crippen LogP contribution < -0.4 is 4.74 Å². The maximum Gasteiger partial charge on any atom is 0.243 e. The van der Waals surface area contributed by atoms with Crippen LogP contribution in [0.5, 0.6) is 5.75 Å². The van der Waals surface area contributed by atoms with Gasteiger partial charge in [-0.05, 0) is 42.3 Å². The molecule has 0 amide bonds. The number of nitrogens with zero attached hydrogens (tertiary/aromatic N) is 1. The summed E-state index contributed by atoms with van der Waals surface area (Å²) in [4.78, 5) is 0.108. The second kappa shape index (κ2) is 7.79. The molecule has 27 heavy (non-hydrogen) atoms. The van der Waals surface area contributed by atoms with Crippen molar-refractivity contribution in [2.45, 2.75) is 16.6 Å². The Hall–Kier alpha value is -1.61. The molecule has 1 saturated heterocycles. The lowest BCUT2D eigenvalue weighted by Crippen LogP contribution is -2.33. The van der Waals surface area contributed by atoms with Crippen molar-refractivity contribution in [2.75, 3.05) is 26.0 Å². The monoisotopic (exact) mass is 429 g/mol. The standard InChI is InChI=1S/C18H20ClNO5S2/c1-25-14-6-8-15(9-7-14)27(23,24)20-11-10-18(26(21,22)13-12-20)16-4-2-3-5-17(16)19/h2-9,18H,10-13H2,1H3. The molecule has 1 atom stereocenters. The Kier molecular flexibility index (Phi) is 5.81. The molecular formula is C18H20ClNO5S2. The van der Waals surface area contributed by atoms with Crippen molar-refractivity contribution in [3.8, 4) is 5.75 Å². The van der Waals surface area contributed by atoms with E-state index in [0.29, 0.717) is 16.3 Å². The first-order chi connectivity index (χ1) is 12.8. The van der Waals surface area contributed by atoms with Gasteiger partial charge in [0.15, 0.2) is 9.84 Å². The van der Waals surface area contributed by atoms with E-state index in [2.05, 4.69) is 0 Å². The molecule has 146 valence electrons. The van der Waals surface area contributed by atoms with Gasteiger partial charge in [0.05, 0.1) is 23.0 Å². The SMILES string of the molecule is COc1ccc(S(=O)(=O)N2CCC(c3ccccc3Cl)S(=O)(=O)CC2)cc1. The zero-order valence-corrected chi connectivity index (χ0v) is 17.1. The number of ether oxygens (including phenoxy) is 1. The Morgan fingerprint density at radius 3 is 2.37 bits per heavy atom. The molecule has 0 aromatic heterocycles. The number of hydrogen-bond donors (Lipinski definition) is 0. The van der Waals surface area contributed by atoms with Gasteiger partial charge >= 0.3 is 0 Å². The van der Waals surface area contributed by atoms with Crippen LogP contribution in [0.25, 0.3) is 0 Å². The minimum absolute atomic E-state index is 0.0857. The Bertz CT molecular complexity index is 1020. The third kappa shape index (κ3) is 4.13. The molecule has 1 unspecified atom stereocenters. The normalized spacial score (nSPS) is 20.7. The van der Waals surface area contributed by atoms with Crippen LogP contribution in [0.3, 0.4) is 0 Å². The van der Waals surface area contributed by atoms with Crippen LogP contribution >= 0.6 is 11.6 Å². The molecule has 0 saturated carbocycles. The summed E-state index contributed by atoms with van der Waals surface area (Å²) in [5, 5.41) is -0.445. The Morgan fingerprint density at radius 1 is 1.07 bits per heavy atom. The lowest BCUT2D eigenvalue weighted by molar-refractivity contribution is 0.413. The molecule has 0 bridgehead atoms. The highest BCUT2D eigenvalue weighted by Crippen LogP contribution is 2.35. The van der Waals surface area contributed by atoms with E-state index in [4.69, 9.17) is 16.3 Å². The maximum atomic E-state index is 12.9. The molecule has 0 N–H and O–H groups in total. The van der Waals surface area contributed by atoms with E-state index in [9.17, 15) is 16.8 Å². The van der Waals surface area contributed by atoms with Crippen molar-refractivity contribution in [1.82, 2.24) is 4.31 Å². The summed E-state index contributed by atoms with van der Waals surface area (Å²) < 4.78 is 57.6. The number of sulfone groups is 1. The predicted octanol–water partition coefficient (Wildman–Crippen LogP) is 2.90. The first-order valence-electron chi connectivity index (χ1n) is 8.36. The van der Waals surface area contributed by atoms with Crippen molar-refractivity contribution in [1.29, 1.82) is 0 Å². The summed E-state index contributed by atoms with van der Waals surface area (Å²) in [5.41, 5.74) is 0.517. The summed E-state index contributed by atoms with van der Waals surface area (Å²) in [6.07, 6.45) is 0.154. The lowest BCUT2D eigenvalue weighted by Gasteiger charge is -2.20. The van der Waals surface area contributed by atoms with Gasteiger partial charge in [-0.15, -0.1) is 0 Å². The first-order valence-corrected chi connectivity index (χ1v) is 11.9. The Balaban J connectivity index is 1.89. The summed E-state index contributed by atoms with van der Waals surface area (Å²) in [5.74, 6) is 0.296. The van der Waals surface area contributed by atoms with Crippen LogP contribution in [0.1, 0.15) is 17.2 Å². The van der Waals surface area contributed by atoms with Gasteiger partial charge in [-0.25, -0.2) is 16.8 Å². The third-order valence-electron chi connectivity index (χ3n) is 4.65. The van der Waals surface area contributed by atoms with Crippen molar-refractivity contribution in [3.63, 3.8) is 0 Å². The number of methoxy groups -OCH3 is 1. The fraction of sp³-hybridized carbons (Fsp3) is 0.333. The zero-order chi connectivity index (χ0) is 19.7. The van der Waals surface area contributed by atoms with E-state index in [0.717, 1.165) is 0 Å². The molecule has 1 aliphatic rings. The van der Waals surface area contributed by atoms with Crippen molar-refractivity contribution < 1.29 is 21.6 Å². The topological polar surface area (TPSA) is 80.8 Å². The molecule has 0 spiro atoms. The fourth-order valence-electron chi connectivity index (χ4n) is 3.15. The molecular weight excluding hydrogens is 410 g/mol. The van der Waals surface area contributed by atoms with E-state index >= 15 is 0 Å². The molecule has 2 aromatic rings. The average molecular weight is 430 g/mol. The zero-order valence-electron chi connectivity index (χ0n) is 14.7. The molecule has 1 fully saturated rings. The van der Waals surface area contributed by atoms with Crippen LogP contribution in [-0.4, -0.2) is 47.1 Å². The van der Waals surface area contributed by atoms with Gasteiger partial charge in [0.2, 0.25) is 10.0 Å². The van der Waals surface area contributed by atoms with Crippen molar-refractivity contribution >= 4 is 31.5 Å². The van der Waals surface area contributed by atoms with Crippen LogP contribution in [0.15, 0.2) is 53.4 Å². The predicted molar refractivity (Wildman–Crippen MR) is 104 cm³/mol. The van der Waals surface area contributed by atoms with Crippen LogP contribution in [0.2, 0.25) is 5.02 Å². The summed E-state index contributed by atoms with van der Waals surface area (Å²) in [6, 6.07) is 12.8. The highest BCUT2D eigenvalue weighted by molar-refractivity contribution is 7.92. The fourth-order valence-corrected chi connectivity index (χ4v) is 6.87. The van der Waals surface area contributed by atoms with Gasteiger partial charge in [0.25, 0.3) is 0 Å². The Morgan fingerprint density at radius 2 is 1.74 bits per heavy atom. The van der Waals surface area contributed by atoms with Crippen LogP contribution in [0, 0.1) is 0 Å². The molecule has 3 rings (SSSR count). The lowest BCUT2D eigenvalue weighted by atomic mass is 10.1. The number of rotatable bonds is 4. The third-order valence-corrected chi connectivity index (χ3v) is 9.01. The van der Waals surface area contributed by atoms with Crippen molar-refractivity contribution in [2.24, 2.45) is 0 Å². The summed E-state index contributed by atoms with van der Waals surface area (Å²) in [7, 11) is -5.83. The van der Waals surface area contributed by atoms with E-state index in [-0.39, 0.29) is 30.2 Å². The molecule has 1 heterocycles. The van der Waals surface area contributed by atoms with Gasteiger partial charge in [0.1, 0.15) is 5.75 Å². The van der Waals surface area contributed by atoms with Crippen LogP contribution in [-0.2, 0) is 19.9 Å². The van der Waals surface area contributed by atoms with Gasteiger partial charge in [-0.2, -0.15) is 4.31 Å². The second-order valence-corrected chi connectivity index (χ2v) is 10.9. The largest absolute Gasteiger partial charge is 0.497 e. The highest BCUT2D eigenvalue weighted by Gasteiger charge is 2.36. The Labute approximate surface area is 164 Å². The summed E-state index contributed by atoms with van der Waals surface area (Å²) in [6.45, 7) is 0.0150. The van der Waals surface area contributed by atoms with Gasteiger partial charge in [0, 0.05) is 18.1 Å². The van der Waals surface area contributed by atoms with E-state index < -0.39 is 25.1 Å². The van der Waals surface area contributed by atoms with Crippen LogP contribution in [0.4, 0.5) is 0 Å². The molecule has 1 aliphatic heterocycles. The van der Waals surface area contributed by atoms with Crippen molar-refractivity contribution in [3.05, 3.63) is 59.1 Å². The number of hydrogen-bond acceptors (Lipinski definition) is 5. The van der Waals surface area contributed by atoms with E-state index in [1.807, 2.05) is 0 Å². The molecule has 0 radical (unpaired) electrons. The maximum absolute atomic E-state index is 12.9. The molecule has 0 aliphatic carbocycles. The molecule has 9 heteroatoms. The number of benzene rings is 2. The molecule has 2 aromatic carbocycles. The van der Waals surface area contributed by atoms with E-state index in [1.165, 1.54) is 23.5 Å². The quantitative estimate of drug-likeness (QED) is 0.746. The van der Waals surface area contributed by atoms with E-state index in [1.54, 1.807) is 36.4 Å². The second-order valence-electron chi connectivity index (χ2n) is 6.25. The minimum atomic E-state index is -3.80. The van der Waals surface area contributed by atoms with Gasteiger partial charge in [-0.1, -0.05) is 29.8 Å². The number of halogens is 1. The number of sulfonamides is 1. The first kappa shape index (κ1) is 20.1.